The van der Waals surface area contributed by atoms with Gasteiger partial charge in [0.05, 0.1) is 0 Å². The molecule has 0 rings (SSSR count). The van der Waals surface area contributed by atoms with Gasteiger partial charge in [0.2, 0.25) is 0 Å². The van der Waals surface area contributed by atoms with Crippen molar-refractivity contribution >= 4 is 23.7 Å². The van der Waals surface area contributed by atoms with Crippen LogP contribution in [0.4, 0.5) is 13.2 Å². The fourth-order valence-corrected chi connectivity index (χ4v) is 5.87. The van der Waals surface area contributed by atoms with Crippen LogP contribution < -0.4 is 0 Å². The molecule has 0 aliphatic carbocycles. The molecule has 0 saturated carbocycles. The number of halogens is 3. The molecular weight excluding hydrogens is 258 g/mol. The molecule has 0 aliphatic rings. The van der Waals surface area contributed by atoms with Crippen molar-refractivity contribution in [3.05, 3.63) is 0 Å². The van der Waals surface area contributed by atoms with Crippen LogP contribution in [0.1, 0.15) is 0 Å². The fourth-order valence-electron chi connectivity index (χ4n) is 0.376. The quantitative estimate of drug-likeness (QED) is 0.564. The summed E-state index contributed by atoms with van der Waals surface area (Å²) in [6.45, 7) is 0. The van der Waals surface area contributed by atoms with Crippen molar-refractivity contribution in [1.82, 2.24) is 0 Å². The normalized spacial score (nSPS) is 14.8. The van der Waals surface area contributed by atoms with Crippen molar-refractivity contribution in [3.8, 4) is 0 Å². The molecule has 0 saturated heterocycles. The summed E-state index contributed by atoms with van der Waals surface area (Å²) in [5.41, 5.74) is -5.30. The van der Waals surface area contributed by atoms with Crippen LogP contribution in [-0.2, 0) is 13.3 Å². The third-order valence-electron chi connectivity index (χ3n) is 0.643. The first-order valence-corrected chi connectivity index (χ1v) is 11.5. The van der Waals surface area contributed by atoms with Crippen LogP contribution in [0.25, 0.3) is 0 Å². The van der Waals surface area contributed by atoms with E-state index in [-0.39, 0.29) is 0 Å². The van der Waals surface area contributed by atoms with Crippen LogP contribution in [0.5, 0.6) is 0 Å². The van der Waals surface area contributed by atoms with E-state index in [9.17, 15) is 21.6 Å². The van der Waals surface area contributed by atoms with E-state index in [2.05, 4.69) is 3.21 Å². The first-order chi connectivity index (χ1) is 4.96. The van der Waals surface area contributed by atoms with Crippen LogP contribution in [-0.4, -0.2) is 27.5 Å². The van der Waals surface area contributed by atoms with E-state index in [1.165, 1.54) is 17.3 Å². The molecule has 12 heavy (non-hydrogen) atoms. The summed E-state index contributed by atoms with van der Waals surface area (Å²) in [5, 5.41) is 0. The maximum absolute atomic E-state index is 11.7. The molecule has 0 fully saturated rings. The Bertz CT molecular complexity index is 250. The van der Waals surface area contributed by atoms with Crippen molar-refractivity contribution < 1.29 is 24.8 Å². The second-order valence-corrected chi connectivity index (χ2v) is 14.5. The molecule has 0 N–H and O–H groups in total. The zero-order valence-corrected chi connectivity index (χ0v) is 9.68. The summed E-state index contributed by atoms with van der Waals surface area (Å²) in [6.07, 6.45) is 0. The molecule has 0 bridgehead atoms. The van der Waals surface area contributed by atoms with Gasteiger partial charge >= 0.3 is 71.3 Å². The Balaban J connectivity index is 4.70. The van der Waals surface area contributed by atoms with E-state index >= 15 is 0 Å². The van der Waals surface area contributed by atoms with Gasteiger partial charge in [0.15, 0.2) is 0 Å². The molecule has 0 amide bonds. The zero-order chi connectivity index (χ0) is 10.2. The van der Waals surface area contributed by atoms with Crippen molar-refractivity contribution in [2.45, 2.75) is 22.8 Å². The van der Waals surface area contributed by atoms with E-state index < -0.39 is 29.2 Å². The molecule has 0 aromatic heterocycles. The number of rotatable bonds is 2. The maximum atomic E-state index is 11.7. The van der Waals surface area contributed by atoms with Crippen LogP contribution >= 0.6 is 0 Å². The minimum absolute atomic E-state index is 1.41. The summed E-state index contributed by atoms with van der Waals surface area (Å²) in [5.74, 6) is 4.22. The van der Waals surface area contributed by atoms with Gasteiger partial charge in [0, 0.05) is 0 Å². The molecule has 3 nitrogen and oxygen atoms in total. The van der Waals surface area contributed by atoms with E-state index in [1.807, 2.05) is 0 Å². The molecule has 0 radical (unpaired) electrons. The Kier molecular flexibility index (Phi) is 3.25. The number of hydrogen-bond acceptors (Lipinski definition) is 3. The molecule has 0 aromatic rings. The van der Waals surface area contributed by atoms with Crippen molar-refractivity contribution in [2.24, 2.45) is 0 Å². The molecule has 8 heteroatoms. The minimum atomic E-state index is -5.37. The molecule has 74 valence electrons. The van der Waals surface area contributed by atoms with E-state index in [1.54, 1.807) is 0 Å². The summed E-state index contributed by atoms with van der Waals surface area (Å²) in [6, 6.07) is 0. The van der Waals surface area contributed by atoms with Gasteiger partial charge in [0.1, 0.15) is 0 Å². The summed E-state index contributed by atoms with van der Waals surface area (Å²) < 4.78 is 59.8. The Hall–Kier alpha value is 0.243. The van der Waals surface area contributed by atoms with Gasteiger partial charge in [-0.1, -0.05) is 0 Å². The van der Waals surface area contributed by atoms with E-state index in [4.69, 9.17) is 0 Å². The van der Waals surface area contributed by atoms with E-state index in [0.717, 1.165) is 0 Å². The topological polar surface area (TPSA) is 43.4 Å². The first-order valence-electron chi connectivity index (χ1n) is 2.98. The average Bonchev–Trinajstić information content (AvgIpc) is 1.52. The molecule has 0 atom stereocenters. The van der Waals surface area contributed by atoms with Crippen LogP contribution in [0, 0.1) is 0 Å². The standard InChI is InChI=1S/C4H9F3GeO3S/c1-8(2,3)11-12(9,10)4(5,6)7/h1-3H3. The predicted octanol–water partition coefficient (Wildman–Crippen LogP) is 1.69. The van der Waals surface area contributed by atoms with Crippen LogP contribution in [0.15, 0.2) is 0 Å². The third kappa shape index (κ3) is 3.77. The van der Waals surface area contributed by atoms with Gasteiger partial charge in [-0.2, -0.15) is 0 Å². The Morgan fingerprint density at radius 2 is 1.50 bits per heavy atom. The van der Waals surface area contributed by atoms with Gasteiger partial charge in [-0.3, -0.25) is 0 Å². The van der Waals surface area contributed by atoms with Crippen LogP contribution in [0.3, 0.4) is 0 Å². The van der Waals surface area contributed by atoms with Gasteiger partial charge in [0.25, 0.3) is 0 Å². The SMILES string of the molecule is [CH3][Ge]([CH3])([CH3])[O]S(=O)(=O)C(F)(F)F. The zero-order valence-electron chi connectivity index (χ0n) is 6.77. The summed E-state index contributed by atoms with van der Waals surface area (Å²) >= 11 is -3.18. The first kappa shape index (κ1) is 12.2. The monoisotopic (exact) mass is 268 g/mol. The van der Waals surface area contributed by atoms with Gasteiger partial charge in [-0.05, 0) is 0 Å². The molecule has 0 aromatic carbocycles. The van der Waals surface area contributed by atoms with Gasteiger partial charge in [-0.25, -0.2) is 0 Å². The summed E-state index contributed by atoms with van der Waals surface area (Å²) in [7, 11) is -5.37. The molecule has 0 aliphatic heterocycles. The average molecular weight is 267 g/mol. The fraction of sp³-hybridized carbons (Fsp3) is 1.00. The third-order valence-corrected chi connectivity index (χ3v) is 6.46. The molecular formula is C4H9F3GeO3S. The van der Waals surface area contributed by atoms with Crippen LogP contribution in [0.2, 0.25) is 17.3 Å². The second-order valence-electron chi connectivity index (χ2n) is 3.10. The van der Waals surface area contributed by atoms with Crippen molar-refractivity contribution in [2.75, 3.05) is 0 Å². The summed E-state index contributed by atoms with van der Waals surface area (Å²) in [4.78, 5) is 0. The van der Waals surface area contributed by atoms with E-state index in [0.29, 0.717) is 0 Å². The molecule has 0 unspecified atom stereocenters. The molecule has 0 spiro atoms. The number of alkyl halides is 3. The predicted molar refractivity (Wildman–Crippen MR) is 39.4 cm³/mol. The number of hydrogen-bond donors (Lipinski definition) is 0. The Morgan fingerprint density at radius 1 is 1.17 bits per heavy atom. The Labute approximate surface area is 71.7 Å². The second kappa shape index (κ2) is 3.19. The van der Waals surface area contributed by atoms with Crippen molar-refractivity contribution in [3.63, 3.8) is 0 Å². The Morgan fingerprint density at radius 3 is 1.58 bits per heavy atom. The molecule has 0 heterocycles. The van der Waals surface area contributed by atoms with Crippen molar-refractivity contribution in [1.29, 1.82) is 0 Å². The van der Waals surface area contributed by atoms with Gasteiger partial charge in [-0.15, -0.1) is 0 Å². The van der Waals surface area contributed by atoms with Gasteiger partial charge < -0.3 is 0 Å².